The molecule has 90 valence electrons. The minimum absolute atomic E-state index is 0.0633. The van der Waals surface area contributed by atoms with E-state index in [1.54, 1.807) is 7.05 Å². The Labute approximate surface area is 98.4 Å². The van der Waals surface area contributed by atoms with Crippen LogP contribution in [0.2, 0.25) is 0 Å². The number of amidine groups is 1. The molecule has 2 amide bonds. The van der Waals surface area contributed by atoms with E-state index in [0.717, 1.165) is 24.6 Å². The number of nitrogens with two attached hydrogens (primary N) is 1. The van der Waals surface area contributed by atoms with Gasteiger partial charge in [-0.3, -0.25) is 15.0 Å². The third kappa shape index (κ3) is 5.01. The average Bonchev–Trinajstić information content (AvgIpc) is 2.97. The molecule has 6 nitrogen and oxygen atoms in total. The van der Waals surface area contributed by atoms with E-state index in [-0.39, 0.29) is 29.3 Å². The van der Waals surface area contributed by atoms with Gasteiger partial charge in [-0.2, -0.15) is 0 Å². The van der Waals surface area contributed by atoms with E-state index in [1.807, 2.05) is 0 Å². The molecule has 0 aromatic carbocycles. The SMILES string of the molecule is CN(CC(=O)NC1CC1)C(=O)CSC(=N)N. The molecule has 4 N–H and O–H groups in total. The number of hydrogen-bond donors (Lipinski definition) is 3. The first-order valence-corrected chi connectivity index (χ1v) is 5.97. The molecule has 16 heavy (non-hydrogen) atoms. The van der Waals surface area contributed by atoms with Gasteiger partial charge in [0.2, 0.25) is 11.8 Å². The van der Waals surface area contributed by atoms with Gasteiger partial charge in [0.25, 0.3) is 0 Å². The maximum Gasteiger partial charge on any atom is 0.239 e. The minimum atomic E-state index is -0.203. The molecule has 1 aliphatic carbocycles. The van der Waals surface area contributed by atoms with Gasteiger partial charge in [0.05, 0.1) is 12.3 Å². The summed E-state index contributed by atoms with van der Waals surface area (Å²) in [5.41, 5.74) is 5.11. The van der Waals surface area contributed by atoms with Crippen molar-refractivity contribution in [1.29, 1.82) is 5.41 Å². The van der Waals surface area contributed by atoms with Gasteiger partial charge in [0.15, 0.2) is 5.17 Å². The third-order valence-electron chi connectivity index (χ3n) is 2.10. The highest BCUT2D eigenvalue weighted by atomic mass is 32.2. The molecule has 0 aromatic rings. The van der Waals surface area contributed by atoms with Crippen molar-refractivity contribution < 1.29 is 9.59 Å². The number of amides is 2. The van der Waals surface area contributed by atoms with E-state index in [0.29, 0.717) is 6.04 Å². The molecule has 0 atom stereocenters. The average molecular weight is 244 g/mol. The highest BCUT2D eigenvalue weighted by Crippen LogP contribution is 2.18. The standard InChI is InChI=1S/C9H16N4O2S/c1-13(8(15)5-16-9(10)11)4-7(14)12-6-2-3-6/h6H,2-5H2,1H3,(H3,10,11)(H,12,14). The molecule has 0 heterocycles. The van der Waals surface area contributed by atoms with Gasteiger partial charge in [-0.25, -0.2) is 0 Å². The van der Waals surface area contributed by atoms with E-state index in [9.17, 15) is 9.59 Å². The first-order valence-electron chi connectivity index (χ1n) is 4.99. The lowest BCUT2D eigenvalue weighted by molar-refractivity contribution is -0.132. The summed E-state index contributed by atoms with van der Waals surface area (Å²) in [5, 5.41) is 9.67. The molecular formula is C9H16N4O2S. The van der Waals surface area contributed by atoms with Crippen LogP contribution >= 0.6 is 11.8 Å². The van der Waals surface area contributed by atoms with Crippen molar-refractivity contribution >= 4 is 28.7 Å². The van der Waals surface area contributed by atoms with Crippen LogP contribution in [-0.4, -0.2) is 47.3 Å². The fourth-order valence-electron chi connectivity index (χ4n) is 1.05. The Bertz CT molecular complexity index is 304. The quantitative estimate of drug-likeness (QED) is 0.442. The summed E-state index contributed by atoms with van der Waals surface area (Å²) >= 11 is 0.959. The first-order chi connectivity index (χ1) is 7.49. The van der Waals surface area contributed by atoms with Gasteiger partial charge in [0, 0.05) is 13.1 Å². The summed E-state index contributed by atoms with van der Waals surface area (Å²) in [6.07, 6.45) is 2.06. The molecule has 1 aliphatic rings. The number of thioether (sulfide) groups is 1. The van der Waals surface area contributed by atoms with Crippen molar-refractivity contribution in [3.05, 3.63) is 0 Å². The maximum atomic E-state index is 11.5. The van der Waals surface area contributed by atoms with Crippen molar-refractivity contribution in [2.45, 2.75) is 18.9 Å². The van der Waals surface area contributed by atoms with Gasteiger partial charge < -0.3 is 16.0 Å². The predicted octanol–water partition coefficient (Wildman–Crippen LogP) is -0.650. The van der Waals surface area contributed by atoms with Crippen LogP contribution in [0, 0.1) is 5.41 Å². The molecule has 0 saturated heterocycles. The van der Waals surface area contributed by atoms with Gasteiger partial charge >= 0.3 is 0 Å². The molecule has 1 saturated carbocycles. The largest absolute Gasteiger partial charge is 0.379 e. The second-order valence-corrected chi connectivity index (χ2v) is 4.76. The summed E-state index contributed by atoms with van der Waals surface area (Å²) in [4.78, 5) is 24.2. The Hall–Kier alpha value is -1.24. The summed E-state index contributed by atoms with van der Waals surface area (Å²) in [6.45, 7) is 0.0633. The van der Waals surface area contributed by atoms with Gasteiger partial charge in [-0.05, 0) is 12.8 Å². The molecule has 0 unspecified atom stereocenters. The molecule has 0 aromatic heterocycles. The monoisotopic (exact) mass is 244 g/mol. The lowest BCUT2D eigenvalue weighted by Crippen LogP contribution is -2.40. The number of carbonyl (C=O) groups is 2. The van der Waals surface area contributed by atoms with Crippen molar-refractivity contribution in [3.63, 3.8) is 0 Å². The molecule has 0 radical (unpaired) electrons. The molecule has 0 aliphatic heterocycles. The van der Waals surface area contributed by atoms with Crippen LogP contribution in [0.5, 0.6) is 0 Å². The molecule has 0 spiro atoms. The van der Waals surface area contributed by atoms with Crippen LogP contribution in [0.3, 0.4) is 0 Å². The number of rotatable bonds is 5. The number of nitrogens with zero attached hydrogens (tertiary/aromatic N) is 1. The lowest BCUT2D eigenvalue weighted by Gasteiger charge is -2.16. The van der Waals surface area contributed by atoms with E-state index >= 15 is 0 Å². The smallest absolute Gasteiger partial charge is 0.239 e. The van der Waals surface area contributed by atoms with Crippen LogP contribution in [0.25, 0.3) is 0 Å². The van der Waals surface area contributed by atoms with Crippen LogP contribution < -0.4 is 11.1 Å². The third-order valence-corrected chi connectivity index (χ3v) is 2.80. The van der Waals surface area contributed by atoms with Crippen LogP contribution in [0.4, 0.5) is 0 Å². The van der Waals surface area contributed by atoms with Crippen molar-refractivity contribution in [1.82, 2.24) is 10.2 Å². The van der Waals surface area contributed by atoms with Crippen molar-refractivity contribution in [3.8, 4) is 0 Å². The summed E-state index contributed by atoms with van der Waals surface area (Å²) in [7, 11) is 1.56. The van der Waals surface area contributed by atoms with E-state index in [2.05, 4.69) is 5.32 Å². The minimum Gasteiger partial charge on any atom is -0.379 e. The fraction of sp³-hybridized carbons (Fsp3) is 0.667. The zero-order valence-corrected chi connectivity index (χ0v) is 9.97. The lowest BCUT2D eigenvalue weighted by atomic mass is 10.5. The second-order valence-electron chi connectivity index (χ2n) is 3.74. The topological polar surface area (TPSA) is 99.3 Å². The number of hydrogen-bond acceptors (Lipinski definition) is 4. The highest BCUT2D eigenvalue weighted by Gasteiger charge is 2.24. The summed E-state index contributed by atoms with van der Waals surface area (Å²) < 4.78 is 0. The van der Waals surface area contributed by atoms with Crippen molar-refractivity contribution in [2.75, 3.05) is 19.3 Å². The van der Waals surface area contributed by atoms with E-state index in [4.69, 9.17) is 11.1 Å². The summed E-state index contributed by atoms with van der Waals surface area (Å²) in [6, 6.07) is 0.308. The number of nitrogens with one attached hydrogen (secondary N) is 2. The predicted molar refractivity (Wildman–Crippen MR) is 63.2 cm³/mol. The van der Waals surface area contributed by atoms with E-state index in [1.165, 1.54) is 4.90 Å². The number of likely N-dealkylation sites (N-methyl/N-ethyl adjacent to an activating group) is 1. The number of carbonyl (C=O) groups excluding carboxylic acids is 2. The Morgan fingerprint density at radius 1 is 1.56 bits per heavy atom. The first kappa shape index (κ1) is 12.8. The zero-order chi connectivity index (χ0) is 12.1. The van der Waals surface area contributed by atoms with Gasteiger partial charge in [-0.1, -0.05) is 11.8 Å². The van der Waals surface area contributed by atoms with Crippen LogP contribution in [0.1, 0.15) is 12.8 Å². The normalized spacial score (nSPS) is 14.3. The van der Waals surface area contributed by atoms with Crippen LogP contribution in [-0.2, 0) is 9.59 Å². The van der Waals surface area contributed by atoms with Crippen molar-refractivity contribution in [2.24, 2.45) is 5.73 Å². The Balaban J connectivity index is 2.21. The zero-order valence-electron chi connectivity index (χ0n) is 9.16. The van der Waals surface area contributed by atoms with Gasteiger partial charge in [-0.15, -0.1) is 0 Å². The summed E-state index contributed by atoms with van der Waals surface area (Å²) in [5.74, 6) is -0.236. The molecule has 7 heteroatoms. The second kappa shape index (κ2) is 5.74. The van der Waals surface area contributed by atoms with Gasteiger partial charge in [0.1, 0.15) is 0 Å². The molecule has 1 rings (SSSR count). The van der Waals surface area contributed by atoms with E-state index < -0.39 is 0 Å². The Morgan fingerprint density at radius 2 is 2.19 bits per heavy atom. The molecular weight excluding hydrogens is 228 g/mol. The fourth-order valence-corrected chi connectivity index (χ4v) is 1.55. The highest BCUT2D eigenvalue weighted by molar-refractivity contribution is 8.14. The Kier molecular flexibility index (Phi) is 4.60. The molecule has 0 bridgehead atoms. The maximum absolute atomic E-state index is 11.5. The molecule has 1 fully saturated rings. The van der Waals surface area contributed by atoms with Crippen LogP contribution in [0.15, 0.2) is 0 Å². The Morgan fingerprint density at radius 3 is 2.69 bits per heavy atom.